The van der Waals surface area contributed by atoms with E-state index in [-0.39, 0.29) is 5.91 Å². The van der Waals surface area contributed by atoms with Gasteiger partial charge in [0.2, 0.25) is 0 Å². The second kappa shape index (κ2) is 7.40. The Bertz CT molecular complexity index is 649. The third-order valence-electron chi connectivity index (χ3n) is 3.45. The van der Waals surface area contributed by atoms with Gasteiger partial charge >= 0.3 is 0 Å². The van der Waals surface area contributed by atoms with Crippen molar-refractivity contribution in [3.05, 3.63) is 46.0 Å². The van der Waals surface area contributed by atoms with Gasteiger partial charge in [0.25, 0.3) is 5.91 Å². The lowest BCUT2D eigenvalue weighted by atomic mass is 10.2. The minimum Gasteiger partial charge on any atom is -0.347 e. The van der Waals surface area contributed by atoms with Crippen molar-refractivity contribution < 1.29 is 4.79 Å². The Morgan fingerprint density at radius 3 is 2.68 bits per heavy atom. The fourth-order valence-corrected chi connectivity index (χ4v) is 2.64. The molecule has 2 heterocycles. The van der Waals surface area contributed by atoms with E-state index in [4.69, 9.17) is 11.6 Å². The average molecular weight is 321 g/mol. The molecule has 0 saturated carbocycles. The molecule has 0 spiro atoms. The number of aromatic nitrogens is 3. The van der Waals surface area contributed by atoms with Crippen LogP contribution in [0.25, 0.3) is 0 Å². The first-order valence-electron chi connectivity index (χ1n) is 7.50. The minimum atomic E-state index is -0.225. The topological polar surface area (TPSA) is 59.8 Å². The molecule has 118 valence electrons. The van der Waals surface area contributed by atoms with Crippen molar-refractivity contribution in [1.82, 2.24) is 20.1 Å². The van der Waals surface area contributed by atoms with Crippen LogP contribution in [0.3, 0.4) is 0 Å². The molecule has 0 saturated heterocycles. The number of pyridine rings is 1. The Labute approximate surface area is 135 Å². The molecule has 0 atom stereocenters. The summed E-state index contributed by atoms with van der Waals surface area (Å²) < 4.78 is 1.53. The summed E-state index contributed by atoms with van der Waals surface area (Å²) in [6.45, 7) is 4.50. The molecule has 6 heteroatoms. The monoisotopic (exact) mass is 320 g/mol. The lowest BCUT2D eigenvalue weighted by Gasteiger charge is -2.06. The van der Waals surface area contributed by atoms with Crippen molar-refractivity contribution in [3.63, 3.8) is 0 Å². The normalized spacial score (nSPS) is 10.7. The molecule has 22 heavy (non-hydrogen) atoms. The van der Waals surface area contributed by atoms with Crippen LogP contribution in [-0.2, 0) is 26.4 Å². The summed E-state index contributed by atoms with van der Waals surface area (Å²) >= 11 is 6.21. The van der Waals surface area contributed by atoms with Gasteiger partial charge < -0.3 is 5.32 Å². The highest BCUT2D eigenvalue weighted by atomic mass is 35.5. The number of carbonyl (C=O) groups is 1. The van der Waals surface area contributed by atoms with E-state index in [1.54, 1.807) is 13.2 Å². The summed E-state index contributed by atoms with van der Waals surface area (Å²) in [6.07, 6.45) is 4.54. The van der Waals surface area contributed by atoms with Crippen molar-refractivity contribution in [1.29, 1.82) is 0 Å². The molecule has 0 bridgehead atoms. The smallest absolute Gasteiger partial charge is 0.271 e. The van der Waals surface area contributed by atoms with E-state index in [0.717, 1.165) is 29.8 Å². The number of rotatable bonds is 6. The van der Waals surface area contributed by atoms with Gasteiger partial charge in [-0.2, -0.15) is 5.10 Å². The van der Waals surface area contributed by atoms with Crippen molar-refractivity contribution in [2.75, 3.05) is 0 Å². The second-order valence-corrected chi connectivity index (χ2v) is 5.55. The van der Waals surface area contributed by atoms with Crippen LogP contribution >= 0.6 is 11.6 Å². The van der Waals surface area contributed by atoms with Crippen LogP contribution < -0.4 is 5.32 Å². The number of nitrogens with zero attached hydrogens (tertiary/aromatic N) is 3. The Hall–Kier alpha value is -1.88. The summed E-state index contributed by atoms with van der Waals surface area (Å²) in [5, 5.41) is 7.54. The molecule has 2 rings (SSSR count). The van der Waals surface area contributed by atoms with Gasteiger partial charge in [0.05, 0.1) is 10.7 Å². The number of amides is 1. The van der Waals surface area contributed by atoms with E-state index < -0.39 is 0 Å². The molecular weight excluding hydrogens is 300 g/mol. The third-order valence-corrected chi connectivity index (χ3v) is 3.85. The third kappa shape index (κ3) is 3.65. The van der Waals surface area contributed by atoms with Gasteiger partial charge in [-0.15, -0.1) is 0 Å². The fourth-order valence-electron chi connectivity index (χ4n) is 2.26. The predicted octanol–water partition coefficient (Wildman–Crippen LogP) is 2.91. The van der Waals surface area contributed by atoms with Crippen LogP contribution in [0, 0.1) is 0 Å². The van der Waals surface area contributed by atoms with Gasteiger partial charge in [-0.25, -0.2) is 0 Å². The molecular formula is C16H21ClN4O. The summed E-state index contributed by atoms with van der Waals surface area (Å²) in [5.74, 6) is -0.225. The highest BCUT2D eigenvalue weighted by Crippen LogP contribution is 2.20. The molecule has 0 fully saturated rings. The lowest BCUT2D eigenvalue weighted by Crippen LogP contribution is -2.25. The maximum atomic E-state index is 12.3. The Morgan fingerprint density at radius 2 is 2.14 bits per heavy atom. The number of hydrogen-bond acceptors (Lipinski definition) is 3. The molecule has 2 aromatic heterocycles. The fraction of sp³-hybridized carbons (Fsp3) is 0.438. The van der Waals surface area contributed by atoms with Crippen molar-refractivity contribution >= 4 is 17.5 Å². The van der Waals surface area contributed by atoms with Crippen LogP contribution in [0.4, 0.5) is 0 Å². The highest BCUT2D eigenvalue weighted by Gasteiger charge is 2.19. The Balaban J connectivity index is 2.02. The maximum Gasteiger partial charge on any atom is 0.271 e. The van der Waals surface area contributed by atoms with Gasteiger partial charge in [-0.05, 0) is 24.5 Å². The average Bonchev–Trinajstić information content (AvgIpc) is 2.81. The highest BCUT2D eigenvalue weighted by molar-refractivity contribution is 6.34. The number of hydrogen-bond donors (Lipinski definition) is 1. The summed E-state index contributed by atoms with van der Waals surface area (Å²) in [4.78, 5) is 16.7. The Kier molecular flexibility index (Phi) is 5.55. The van der Waals surface area contributed by atoms with Crippen LogP contribution in [0.1, 0.15) is 47.7 Å². The molecule has 2 aromatic rings. The second-order valence-electron chi connectivity index (χ2n) is 5.18. The van der Waals surface area contributed by atoms with Crippen molar-refractivity contribution in [2.45, 2.75) is 39.7 Å². The van der Waals surface area contributed by atoms with Gasteiger partial charge in [0, 0.05) is 25.5 Å². The summed E-state index contributed by atoms with van der Waals surface area (Å²) in [5.41, 5.74) is 3.16. The quantitative estimate of drug-likeness (QED) is 0.890. The van der Waals surface area contributed by atoms with Crippen LogP contribution in [-0.4, -0.2) is 20.7 Å². The van der Waals surface area contributed by atoms with E-state index >= 15 is 0 Å². The number of nitrogens with one attached hydrogen (secondary N) is 1. The Morgan fingerprint density at radius 1 is 1.36 bits per heavy atom. The first kappa shape index (κ1) is 16.5. The standard InChI is InChI=1S/C16H21ClN4O/c1-4-6-12-8-7-11(9-18-12)10-19-16(22)15-14(17)13(5-2)20-21(15)3/h7-9H,4-6,10H2,1-3H3,(H,19,22). The largest absolute Gasteiger partial charge is 0.347 e. The molecule has 1 amide bonds. The number of aryl methyl sites for hydroxylation is 3. The zero-order valence-corrected chi connectivity index (χ0v) is 13.9. The molecule has 0 unspecified atom stereocenters. The maximum absolute atomic E-state index is 12.3. The minimum absolute atomic E-state index is 0.225. The molecule has 5 nitrogen and oxygen atoms in total. The van der Waals surface area contributed by atoms with E-state index in [1.807, 2.05) is 19.1 Å². The van der Waals surface area contributed by atoms with Crippen LogP contribution in [0.15, 0.2) is 18.3 Å². The van der Waals surface area contributed by atoms with E-state index in [2.05, 4.69) is 22.3 Å². The van der Waals surface area contributed by atoms with Crippen LogP contribution in [0.2, 0.25) is 5.02 Å². The molecule has 1 N–H and O–H groups in total. The van der Waals surface area contributed by atoms with Gasteiger partial charge in [0.1, 0.15) is 5.69 Å². The molecule has 0 aromatic carbocycles. The number of halogens is 1. The van der Waals surface area contributed by atoms with Crippen molar-refractivity contribution in [3.8, 4) is 0 Å². The first-order chi connectivity index (χ1) is 10.6. The molecule has 0 aliphatic heterocycles. The number of carbonyl (C=O) groups excluding carboxylic acids is 1. The van der Waals surface area contributed by atoms with Gasteiger partial charge in [-0.3, -0.25) is 14.5 Å². The zero-order valence-electron chi connectivity index (χ0n) is 13.2. The van der Waals surface area contributed by atoms with Crippen molar-refractivity contribution in [2.24, 2.45) is 7.05 Å². The summed E-state index contributed by atoms with van der Waals surface area (Å²) in [6, 6.07) is 3.98. The zero-order chi connectivity index (χ0) is 16.1. The first-order valence-corrected chi connectivity index (χ1v) is 7.88. The summed E-state index contributed by atoms with van der Waals surface area (Å²) in [7, 11) is 1.72. The predicted molar refractivity (Wildman–Crippen MR) is 87.0 cm³/mol. The van der Waals surface area contributed by atoms with Gasteiger partial charge in [0.15, 0.2) is 0 Å². The molecule has 0 aliphatic rings. The van der Waals surface area contributed by atoms with Crippen LogP contribution in [0.5, 0.6) is 0 Å². The lowest BCUT2D eigenvalue weighted by molar-refractivity contribution is 0.0941. The molecule has 0 radical (unpaired) electrons. The molecule has 0 aliphatic carbocycles. The van der Waals surface area contributed by atoms with E-state index in [9.17, 15) is 4.79 Å². The SMILES string of the molecule is CCCc1ccc(CNC(=O)c2c(Cl)c(CC)nn2C)cn1. The van der Waals surface area contributed by atoms with E-state index in [0.29, 0.717) is 23.7 Å². The van der Waals surface area contributed by atoms with Gasteiger partial charge in [-0.1, -0.05) is 37.9 Å². The van der Waals surface area contributed by atoms with E-state index in [1.165, 1.54) is 4.68 Å².